The van der Waals surface area contributed by atoms with E-state index in [0.717, 1.165) is 37.0 Å². The first-order chi connectivity index (χ1) is 14.9. The number of fused-ring (bicyclic) bond motifs is 1. The molecule has 0 aliphatic carbocycles. The van der Waals surface area contributed by atoms with Crippen LogP contribution in [0.3, 0.4) is 0 Å². The summed E-state index contributed by atoms with van der Waals surface area (Å²) in [6.45, 7) is 1.69. The molecular formula is C22H23ClN4O3S. The molecule has 7 nitrogen and oxygen atoms in total. The highest BCUT2D eigenvalue weighted by molar-refractivity contribution is 7.92. The van der Waals surface area contributed by atoms with E-state index in [4.69, 9.17) is 11.6 Å². The van der Waals surface area contributed by atoms with E-state index in [1.807, 2.05) is 18.2 Å². The lowest BCUT2D eigenvalue weighted by Gasteiger charge is -2.33. The van der Waals surface area contributed by atoms with Gasteiger partial charge in [-0.05, 0) is 60.0 Å². The summed E-state index contributed by atoms with van der Waals surface area (Å²) in [5.41, 5.74) is 6.67. The standard InChI is InChI=1S/C22H23ClN4O3S/c23-18-3-1-16-2-4-21(14-17(16)13-18)31(29,30)15-22(28)26-25-19-7-11-27(12-8-19)20-5-9-24-10-6-20/h1-6,9-10,13-14,19,25H,7-8,11-12,15H2,(H,26,28). The molecule has 0 atom stereocenters. The third-order valence-corrected chi connectivity index (χ3v) is 7.24. The SMILES string of the molecule is O=C(CS(=O)(=O)c1ccc2ccc(Cl)cc2c1)NNC1CCN(c2ccncc2)CC1. The number of nitrogens with one attached hydrogen (secondary N) is 2. The van der Waals surface area contributed by atoms with Crippen LogP contribution in [0.1, 0.15) is 12.8 Å². The Labute approximate surface area is 186 Å². The van der Waals surface area contributed by atoms with Crippen molar-refractivity contribution < 1.29 is 13.2 Å². The van der Waals surface area contributed by atoms with E-state index in [9.17, 15) is 13.2 Å². The highest BCUT2D eigenvalue weighted by Crippen LogP contribution is 2.23. The highest BCUT2D eigenvalue weighted by atomic mass is 35.5. The second-order valence-electron chi connectivity index (χ2n) is 7.57. The fraction of sp³-hybridized carbons (Fsp3) is 0.273. The first-order valence-electron chi connectivity index (χ1n) is 10.0. The van der Waals surface area contributed by atoms with Gasteiger partial charge in [0.15, 0.2) is 9.84 Å². The van der Waals surface area contributed by atoms with Crippen LogP contribution in [0.15, 0.2) is 65.8 Å². The minimum absolute atomic E-state index is 0.0903. The van der Waals surface area contributed by atoms with Crippen LogP contribution in [0.25, 0.3) is 10.8 Å². The second-order valence-corrected chi connectivity index (χ2v) is 10.00. The van der Waals surface area contributed by atoms with E-state index in [0.29, 0.717) is 10.4 Å². The van der Waals surface area contributed by atoms with Gasteiger partial charge in [-0.25, -0.2) is 13.8 Å². The van der Waals surface area contributed by atoms with Crippen molar-refractivity contribution >= 4 is 43.8 Å². The Bertz CT molecular complexity index is 1180. The Hall–Kier alpha value is -2.68. The van der Waals surface area contributed by atoms with Crippen LogP contribution in [0, 0.1) is 0 Å². The number of carbonyl (C=O) groups excluding carboxylic acids is 1. The average Bonchev–Trinajstić information content (AvgIpc) is 2.78. The van der Waals surface area contributed by atoms with Crippen LogP contribution >= 0.6 is 11.6 Å². The Balaban J connectivity index is 1.30. The Kier molecular flexibility index (Phi) is 6.41. The number of hydrogen-bond acceptors (Lipinski definition) is 6. The number of hydrogen-bond donors (Lipinski definition) is 2. The van der Waals surface area contributed by atoms with Crippen molar-refractivity contribution in [3.8, 4) is 0 Å². The molecule has 1 amide bonds. The van der Waals surface area contributed by atoms with Crippen molar-refractivity contribution in [3.63, 3.8) is 0 Å². The third-order valence-electron chi connectivity index (χ3n) is 5.39. The molecule has 1 aromatic heterocycles. The summed E-state index contributed by atoms with van der Waals surface area (Å²) in [5, 5.41) is 2.12. The number of sulfone groups is 1. The minimum atomic E-state index is -3.77. The molecule has 0 saturated carbocycles. The van der Waals surface area contributed by atoms with Gasteiger partial charge < -0.3 is 4.90 Å². The van der Waals surface area contributed by atoms with Gasteiger partial charge in [0.25, 0.3) is 0 Å². The molecule has 4 rings (SSSR count). The Morgan fingerprint density at radius 1 is 1.03 bits per heavy atom. The predicted octanol–water partition coefficient (Wildman–Crippen LogP) is 2.95. The van der Waals surface area contributed by atoms with Gasteiger partial charge in [0.05, 0.1) is 4.90 Å². The lowest BCUT2D eigenvalue weighted by Crippen LogP contribution is -2.50. The zero-order valence-corrected chi connectivity index (χ0v) is 18.4. The molecular weight excluding hydrogens is 436 g/mol. The molecule has 3 aromatic rings. The molecule has 0 spiro atoms. The first-order valence-corrected chi connectivity index (χ1v) is 12.1. The quantitative estimate of drug-likeness (QED) is 0.552. The molecule has 1 aliphatic rings. The van der Waals surface area contributed by atoms with Gasteiger partial charge in [-0.2, -0.15) is 0 Å². The third kappa shape index (κ3) is 5.33. The van der Waals surface area contributed by atoms with E-state index < -0.39 is 21.5 Å². The molecule has 162 valence electrons. The number of amides is 1. The smallest absolute Gasteiger partial charge is 0.249 e. The summed E-state index contributed by atoms with van der Waals surface area (Å²) < 4.78 is 25.4. The second kappa shape index (κ2) is 9.21. The maximum atomic E-state index is 12.7. The van der Waals surface area contributed by atoms with E-state index in [-0.39, 0.29) is 10.9 Å². The summed E-state index contributed by atoms with van der Waals surface area (Å²) in [4.78, 5) is 18.7. The van der Waals surface area contributed by atoms with Crippen molar-refractivity contribution in [1.29, 1.82) is 0 Å². The van der Waals surface area contributed by atoms with Gasteiger partial charge in [-0.3, -0.25) is 15.2 Å². The Morgan fingerprint density at radius 2 is 1.74 bits per heavy atom. The monoisotopic (exact) mass is 458 g/mol. The molecule has 1 saturated heterocycles. The van der Waals surface area contributed by atoms with E-state index in [2.05, 4.69) is 20.7 Å². The number of aromatic nitrogens is 1. The van der Waals surface area contributed by atoms with Crippen molar-refractivity contribution in [3.05, 3.63) is 65.9 Å². The van der Waals surface area contributed by atoms with Crippen LogP contribution in [0.2, 0.25) is 5.02 Å². The number of piperidine rings is 1. The first kappa shape index (κ1) is 21.5. The van der Waals surface area contributed by atoms with Gasteiger partial charge in [0.1, 0.15) is 5.75 Å². The summed E-state index contributed by atoms with van der Waals surface area (Å²) in [6.07, 6.45) is 5.20. The van der Waals surface area contributed by atoms with Crippen LogP contribution in [-0.2, 0) is 14.6 Å². The van der Waals surface area contributed by atoms with Crippen LogP contribution in [0.5, 0.6) is 0 Å². The van der Waals surface area contributed by atoms with Gasteiger partial charge in [0.2, 0.25) is 5.91 Å². The number of halogens is 1. The van der Waals surface area contributed by atoms with Crippen molar-refractivity contribution in [1.82, 2.24) is 15.8 Å². The molecule has 1 aliphatic heterocycles. The van der Waals surface area contributed by atoms with Crippen molar-refractivity contribution in [2.45, 2.75) is 23.8 Å². The van der Waals surface area contributed by atoms with Crippen LogP contribution < -0.4 is 15.8 Å². The minimum Gasteiger partial charge on any atom is -0.371 e. The number of pyridine rings is 1. The number of rotatable bonds is 6. The van der Waals surface area contributed by atoms with Gasteiger partial charge >= 0.3 is 0 Å². The summed E-state index contributed by atoms with van der Waals surface area (Å²) in [5.74, 6) is -1.20. The molecule has 0 bridgehead atoms. The zero-order valence-electron chi connectivity index (χ0n) is 16.8. The average molecular weight is 459 g/mol. The molecule has 2 heterocycles. The number of hydrazine groups is 1. The van der Waals surface area contributed by atoms with Crippen LogP contribution in [0.4, 0.5) is 5.69 Å². The van der Waals surface area contributed by atoms with Gasteiger partial charge in [-0.15, -0.1) is 0 Å². The maximum absolute atomic E-state index is 12.7. The molecule has 1 fully saturated rings. The lowest BCUT2D eigenvalue weighted by molar-refractivity contribution is -0.119. The van der Waals surface area contributed by atoms with Gasteiger partial charge in [0, 0.05) is 42.2 Å². The molecule has 31 heavy (non-hydrogen) atoms. The number of nitrogens with zero attached hydrogens (tertiary/aromatic N) is 2. The highest BCUT2D eigenvalue weighted by Gasteiger charge is 2.22. The zero-order chi connectivity index (χ0) is 21.8. The Morgan fingerprint density at radius 3 is 2.48 bits per heavy atom. The molecule has 0 unspecified atom stereocenters. The fourth-order valence-corrected chi connectivity index (χ4v) is 5.05. The van der Waals surface area contributed by atoms with Crippen molar-refractivity contribution in [2.75, 3.05) is 23.7 Å². The van der Waals surface area contributed by atoms with Gasteiger partial charge in [-0.1, -0.05) is 23.7 Å². The molecule has 2 aromatic carbocycles. The summed E-state index contributed by atoms with van der Waals surface area (Å²) >= 11 is 6.00. The molecule has 0 radical (unpaired) electrons. The van der Waals surface area contributed by atoms with Crippen molar-refractivity contribution in [2.24, 2.45) is 0 Å². The number of benzene rings is 2. The number of anilines is 1. The van der Waals surface area contributed by atoms with Crippen LogP contribution in [-0.4, -0.2) is 44.2 Å². The maximum Gasteiger partial charge on any atom is 0.249 e. The normalized spacial score (nSPS) is 15.2. The molecule has 2 N–H and O–H groups in total. The van der Waals surface area contributed by atoms with E-state index in [1.165, 1.54) is 6.07 Å². The summed E-state index contributed by atoms with van der Waals surface area (Å²) in [7, 11) is -3.77. The largest absolute Gasteiger partial charge is 0.371 e. The molecule has 9 heteroatoms. The fourth-order valence-electron chi connectivity index (χ4n) is 3.70. The van der Waals surface area contributed by atoms with E-state index in [1.54, 1.807) is 36.7 Å². The number of carbonyl (C=O) groups is 1. The topological polar surface area (TPSA) is 91.4 Å². The summed E-state index contributed by atoms with van der Waals surface area (Å²) in [6, 6.07) is 14.1. The lowest BCUT2D eigenvalue weighted by atomic mass is 10.1. The predicted molar refractivity (Wildman–Crippen MR) is 122 cm³/mol. The van der Waals surface area contributed by atoms with E-state index >= 15 is 0 Å².